The van der Waals surface area contributed by atoms with Crippen LogP contribution in [0.4, 0.5) is 11.6 Å². The maximum atomic E-state index is 13.7. The minimum atomic E-state index is -0.458. The SMILES string of the molecule is CCc1ccc(N2CCCCn3c2nc2c3c(=O)n(Cc3c(Cl)cccc3Cl)c(=O)n2C)cc1. The Morgan fingerprint density at radius 1 is 0.971 bits per heavy atom. The molecule has 0 saturated carbocycles. The lowest BCUT2D eigenvalue weighted by Gasteiger charge is -2.22. The first kappa shape index (κ1) is 22.7. The third-order valence-electron chi connectivity index (χ3n) is 6.50. The smallest absolute Gasteiger partial charge is 0.312 e. The Labute approximate surface area is 206 Å². The van der Waals surface area contributed by atoms with Gasteiger partial charge in [-0.15, -0.1) is 0 Å². The van der Waals surface area contributed by atoms with Crippen molar-refractivity contribution in [2.75, 3.05) is 11.4 Å². The molecule has 5 rings (SSSR count). The number of halogens is 2. The third-order valence-corrected chi connectivity index (χ3v) is 7.21. The Balaban J connectivity index is 1.70. The van der Waals surface area contributed by atoms with Crippen molar-refractivity contribution in [1.82, 2.24) is 18.7 Å². The second kappa shape index (κ2) is 8.96. The molecule has 7 nitrogen and oxygen atoms in total. The van der Waals surface area contributed by atoms with Crippen LogP contribution in [0.5, 0.6) is 0 Å². The molecule has 1 aliphatic rings. The summed E-state index contributed by atoms with van der Waals surface area (Å²) in [5.41, 5.74) is 2.76. The monoisotopic (exact) mass is 497 g/mol. The molecular weight excluding hydrogens is 473 g/mol. The van der Waals surface area contributed by atoms with Crippen LogP contribution in [0.2, 0.25) is 10.0 Å². The number of imidazole rings is 1. The number of hydrogen-bond donors (Lipinski definition) is 0. The third kappa shape index (κ3) is 3.73. The maximum absolute atomic E-state index is 13.7. The zero-order chi connectivity index (χ0) is 24.0. The predicted octanol–water partition coefficient (Wildman–Crippen LogP) is 4.75. The molecule has 0 aliphatic carbocycles. The van der Waals surface area contributed by atoms with E-state index in [0.29, 0.717) is 39.3 Å². The Bertz CT molecular complexity index is 1480. The van der Waals surface area contributed by atoms with Crippen molar-refractivity contribution < 1.29 is 0 Å². The standard InChI is InChI=1S/C25H25Cl2N5O2/c1-3-16-9-11-17(12-10-16)30-13-4-5-14-31-21-22(28-24(30)31)29(2)25(34)32(23(21)33)15-18-19(26)7-6-8-20(18)27/h6-12H,3-5,13-15H2,1-2H3. The molecule has 0 bridgehead atoms. The number of benzene rings is 2. The van der Waals surface area contributed by atoms with Gasteiger partial charge in [-0.25, -0.2) is 4.79 Å². The van der Waals surface area contributed by atoms with E-state index in [1.807, 2.05) is 4.57 Å². The highest BCUT2D eigenvalue weighted by atomic mass is 35.5. The lowest BCUT2D eigenvalue weighted by Crippen LogP contribution is -2.40. The van der Waals surface area contributed by atoms with Crippen molar-refractivity contribution in [3.8, 4) is 0 Å². The van der Waals surface area contributed by atoms with Gasteiger partial charge in [0, 0.05) is 41.4 Å². The molecule has 0 saturated heterocycles. The molecule has 176 valence electrons. The molecule has 2 aromatic carbocycles. The lowest BCUT2D eigenvalue weighted by molar-refractivity contribution is 0.638. The van der Waals surface area contributed by atoms with Gasteiger partial charge in [0.15, 0.2) is 11.2 Å². The summed E-state index contributed by atoms with van der Waals surface area (Å²) in [5.74, 6) is 0.678. The van der Waals surface area contributed by atoms with E-state index in [2.05, 4.69) is 36.1 Å². The van der Waals surface area contributed by atoms with Gasteiger partial charge in [0.25, 0.3) is 5.56 Å². The number of anilines is 2. The summed E-state index contributed by atoms with van der Waals surface area (Å²) in [6.45, 7) is 3.55. The maximum Gasteiger partial charge on any atom is 0.332 e. The molecule has 0 N–H and O–H groups in total. The van der Waals surface area contributed by atoms with Crippen LogP contribution in [0.25, 0.3) is 11.2 Å². The van der Waals surface area contributed by atoms with Gasteiger partial charge in [0.2, 0.25) is 5.95 Å². The highest BCUT2D eigenvalue weighted by molar-refractivity contribution is 6.35. The number of rotatable bonds is 4. The number of aromatic nitrogens is 4. The van der Waals surface area contributed by atoms with E-state index in [1.54, 1.807) is 25.2 Å². The molecule has 0 spiro atoms. The first-order valence-electron chi connectivity index (χ1n) is 11.4. The van der Waals surface area contributed by atoms with Gasteiger partial charge in [-0.1, -0.05) is 48.3 Å². The van der Waals surface area contributed by atoms with E-state index < -0.39 is 11.2 Å². The van der Waals surface area contributed by atoms with Gasteiger partial charge >= 0.3 is 5.69 Å². The molecule has 2 aromatic heterocycles. The fourth-order valence-corrected chi connectivity index (χ4v) is 5.07. The van der Waals surface area contributed by atoms with Crippen LogP contribution < -0.4 is 16.1 Å². The molecule has 9 heteroatoms. The first-order chi connectivity index (χ1) is 16.4. The number of hydrogen-bond acceptors (Lipinski definition) is 4. The topological polar surface area (TPSA) is 65.1 Å². The van der Waals surface area contributed by atoms with E-state index in [-0.39, 0.29) is 6.54 Å². The van der Waals surface area contributed by atoms with E-state index in [0.717, 1.165) is 31.5 Å². The van der Waals surface area contributed by atoms with Crippen LogP contribution in [0.1, 0.15) is 30.9 Å². The molecule has 0 unspecified atom stereocenters. The Morgan fingerprint density at radius 2 is 1.65 bits per heavy atom. The average molecular weight is 498 g/mol. The van der Waals surface area contributed by atoms with Crippen molar-refractivity contribution >= 4 is 46.0 Å². The number of aryl methyl sites for hydroxylation is 3. The van der Waals surface area contributed by atoms with Crippen LogP contribution in [0, 0.1) is 0 Å². The molecule has 0 fully saturated rings. The van der Waals surface area contributed by atoms with Crippen molar-refractivity contribution in [1.29, 1.82) is 0 Å². The fraction of sp³-hybridized carbons (Fsp3) is 0.320. The van der Waals surface area contributed by atoms with Crippen LogP contribution in [-0.2, 0) is 26.6 Å². The largest absolute Gasteiger partial charge is 0.332 e. The van der Waals surface area contributed by atoms with Gasteiger partial charge in [-0.2, -0.15) is 4.98 Å². The van der Waals surface area contributed by atoms with E-state index >= 15 is 0 Å². The molecule has 1 aliphatic heterocycles. The zero-order valence-electron chi connectivity index (χ0n) is 19.1. The quantitative estimate of drug-likeness (QED) is 0.408. The summed E-state index contributed by atoms with van der Waals surface area (Å²) in [4.78, 5) is 33.8. The summed E-state index contributed by atoms with van der Waals surface area (Å²) >= 11 is 12.7. The van der Waals surface area contributed by atoms with E-state index in [9.17, 15) is 9.59 Å². The Hall–Kier alpha value is -3.03. The van der Waals surface area contributed by atoms with Crippen LogP contribution >= 0.6 is 23.2 Å². The van der Waals surface area contributed by atoms with Gasteiger partial charge in [0.05, 0.1) is 6.54 Å². The minimum Gasteiger partial charge on any atom is -0.312 e. The zero-order valence-corrected chi connectivity index (χ0v) is 20.6. The van der Waals surface area contributed by atoms with Gasteiger partial charge < -0.3 is 9.47 Å². The summed E-state index contributed by atoms with van der Waals surface area (Å²) < 4.78 is 4.57. The lowest BCUT2D eigenvalue weighted by atomic mass is 10.1. The van der Waals surface area contributed by atoms with Gasteiger partial charge in [0.1, 0.15) is 0 Å². The van der Waals surface area contributed by atoms with Crippen LogP contribution in [0.15, 0.2) is 52.1 Å². The van der Waals surface area contributed by atoms with Gasteiger partial charge in [-0.3, -0.25) is 13.9 Å². The molecule has 3 heterocycles. The molecule has 0 atom stereocenters. The van der Waals surface area contributed by atoms with E-state index in [1.165, 1.54) is 14.7 Å². The summed E-state index contributed by atoms with van der Waals surface area (Å²) in [6.07, 6.45) is 2.84. The Morgan fingerprint density at radius 3 is 2.32 bits per heavy atom. The van der Waals surface area contributed by atoms with Crippen LogP contribution in [-0.4, -0.2) is 25.2 Å². The van der Waals surface area contributed by atoms with Crippen molar-refractivity contribution in [3.05, 3.63) is 84.5 Å². The second-order valence-corrected chi connectivity index (χ2v) is 9.36. The minimum absolute atomic E-state index is 0.0112. The van der Waals surface area contributed by atoms with E-state index in [4.69, 9.17) is 28.2 Å². The van der Waals surface area contributed by atoms with Crippen LogP contribution in [0.3, 0.4) is 0 Å². The summed E-state index contributed by atoms with van der Waals surface area (Å²) in [5, 5.41) is 0.825. The van der Waals surface area contributed by atoms with Crippen molar-refractivity contribution in [3.63, 3.8) is 0 Å². The fourth-order valence-electron chi connectivity index (χ4n) is 4.55. The predicted molar refractivity (Wildman–Crippen MR) is 137 cm³/mol. The molecule has 0 radical (unpaired) electrons. The summed E-state index contributed by atoms with van der Waals surface area (Å²) in [6, 6.07) is 13.5. The highest BCUT2D eigenvalue weighted by Crippen LogP contribution is 2.31. The van der Waals surface area contributed by atoms with Crippen molar-refractivity contribution in [2.24, 2.45) is 7.05 Å². The highest BCUT2D eigenvalue weighted by Gasteiger charge is 2.26. The normalized spacial score (nSPS) is 13.8. The van der Waals surface area contributed by atoms with Gasteiger partial charge in [-0.05, 0) is 49.1 Å². The Kier molecular flexibility index (Phi) is 6.00. The number of fused-ring (bicyclic) bond motifs is 3. The molecule has 34 heavy (non-hydrogen) atoms. The van der Waals surface area contributed by atoms with Crippen molar-refractivity contribution in [2.45, 2.75) is 39.3 Å². The first-order valence-corrected chi connectivity index (χ1v) is 12.2. The average Bonchev–Trinajstić information content (AvgIpc) is 3.09. The molecule has 0 amide bonds. The summed E-state index contributed by atoms with van der Waals surface area (Å²) in [7, 11) is 1.64. The molecular formula is C25H25Cl2N5O2. The molecule has 4 aromatic rings. The number of nitrogens with zero attached hydrogens (tertiary/aromatic N) is 5. The second-order valence-electron chi connectivity index (χ2n) is 8.55.